The Kier molecular flexibility index (Phi) is 5.29. The lowest BCUT2D eigenvalue weighted by Gasteiger charge is -2.40. The van der Waals surface area contributed by atoms with Gasteiger partial charge in [-0.05, 0) is 43.0 Å². The Morgan fingerprint density at radius 3 is 1.94 bits per heavy atom. The minimum atomic E-state index is -0.554. The number of hydrogen-bond acceptors (Lipinski definition) is 2. The van der Waals surface area contributed by atoms with Crippen LogP contribution in [0.25, 0.3) is 0 Å². The number of hydrogen-bond donors (Lipinski definition) is 0. The number of fused-ring (bicyclic) bond motifs is 5. The number of nitrogens with zero attached hydrogens (tertiary/aromatic N) is 1. The zero-order chi connectivity index (χ0) is 25.1. The summed E-state index contributed by atoms with van der Waals surface area (Å²) in [5.41, 5.74) is 4.75. The minimum Gasteiger partial charge on any atom is -0.274 e. The predicted octanol–water partition coefficient (Wildman–Crippen LogP) is 7.05. The van der Waals surface area contributed by atoms with Crippen molar-refractivity contribution >= 4 is 17.5 Å². The number of carbonyl (C=O) groups excluding carboxylic acids is 2. The molecule has 2 fully saturated rings. The van der Waals surface area contributed by atoms with Gasteiger partial charge < -0.3 is 0 Å². The maximum absolute atomic E-state index is 14.4. The van der Waals surface area contributed by atoms with Crippen LogP contribution in [0.3, 0.4) is 0 Å². The Morgan fingerprint density at radius 1 is 0.778 bits per heavy atom. The Morgan fingerprint density at radius 2 is 1.33 bits per heavy atom. The van der Waals surface area contributed by atoms with E-state index < -0.39 is 16.7 Å². The quantitative estimate of drug-likeness (QED) is 0.283. The molecule has 3 nitrogen and oxygen atoms in total. The van der Waals surface area contributed by atoms with E-state index in [9.17, 15) is 9.59 Å². The molecule has 36 heavy (non-hydrogen) atoms. The molecule has 6 rings (SSSR count). The van der Waals surface area contributed by atoms with E-state index in [2.05, 4.69) is 69.3 Å². The first-order chi connectivity index (χ1) is 17.5. The lowest BCUT2D eigenvalue weighted by atomic mass is 9.61. The Bertz CT molecular complexity index is 1350. The highest BCUT2D eigenvalue weighted by Gasteiger charge is 2.79. The summed E-state index contributed by atoms with van der Waals surface area (Å²) in [5.74, 6) is -0.877. The third kappa shape index (κ3) is 2.74. The summed E-state index contributed by atoms with van der Waals surface area (Å²) in [5, 5.41) is 0. The minimum absolute atomic E-state index is 0.0290. The van der Waals surface area contributed by atoms with Crippen molar-refractivity contribution in [1.82, 2.24) is 0 Å². The average Bonchev–Trinajstić information content (AvgIpc) is 3.41. The van der Waals surface area contributed by atoms with Crippen molar-refractivity contribution in [2.24, 2.45) is 17.3 Å². The molecule has 1 saturated heterocycles. The van der Waals surface area contributed by atoms with E-state index in [1.54, 1.807) is 0 Å². The molecule has 0 unspecified atom stereocenters. The maximum atomic E-state index is 14.4. The van der Waals surface area contributed by atoms with Crippen LogP contribution in [-0.4, -0.2) is 11.8 Å². The second-order valence-corrected chi connectivity index (χ2v) is 10.9. The van der Waals surface area contributed by atoms with Crippen molar-refractivity contribution in [1.29, 1.82) is 0 Å². The number of amides is 2. The van der Waals surface area contributed by atoms with E-state index in [0.717, 1.165) is 24.8 Å². The van der Waals surface area contributed by atoms with E-state index in [-0.39, 0.29) is 23.7 Å². The molecule has 3 aliphatic rings. The largest absolute Gasteiger partial charge is 0.274 e. The molecule has 0 N–H and O–H groups in total. The molecule has 0 radical (unpaired) electrons. The van der Waals surface area contributed by atoms with Crippen molar-refractivity contribution in [3.63, 3.8) is 0 Å². The SMILES string of the molecule is CCCCC1=C(C)[C@]2(c3ccccc3)[C@H](c3ccccc3)[C@@]1(C)[C@@H]1C(=O)N(c3ccccc3)C(=O)[C@@H]12. The lowest BCUT2D eigenvalue weighted by Crippen LogP contribution is -2.43. The van der Waals surface area contributed by atoms with Crippen molar-refractivity contribution in [3.05, 3.63) is 113 Å². The first kappa shape index (κ1) is 23.0. The van der Waals surface area contributed by atoms with Crippen LogP contribution in [0.4, 0.5) is 5.69 Å². The molecule has 1 aliphatic heterocycles. The zero-order valence-corrected chi connectivity index (χ0v) is 21.3. The van der Waals surface area contributed by atoms with E-state index in [1.807, 2.05) is 42.5 Å². The summed E-state index contributed by atoms with van der Waals surface area (Å²) >= 11 is 0. The molecule has 1 saturated carbocycles. The second kappa shape index (κ2) is 8.30. The number of para-hydroxylation sites is 1. The summed E-state index contributed by atoms with van der Waals surface area (Å²) in [6.45, 7) is 6.75. The fourth-order valence-corrected chi connectivity index (χ4v) is 8.20. The molecule has 0 spiro atoms. The highest BCUT2D eigenvalue weighted by Crippen LogP contribution is 2.78. The molecular weight excluding hydrogens is 442 g/mol. The Hall–Kier alpha value is -3.46. The fourth-order valence-electron chi connectivity index (χ4n) is 8.20. The number of benzene rings is 3. The van der Waals surface area contributed by atoms with Crippen LogP contribution in [0.1, 0.15) is 57.1 Å². The third-order valence-corrected chi connectivity index (χ3v) is 9.40. The normalized spacial score (nSPS) is 30.9. The lowest BCUT2D eigenvalue weighted by molar-refractivity contribution is -0.124. The summed E-state index contributed by atoms with van der Waals surface area (Å²) < 4.78 is 0. The van der Waals surface area contributed by atoms with Gasteiger partial charge in [0.1, 0.15) is 0 Å². The maximum Gasteiger partial charge on any atom is 0.238 e. The summed E-state index contributed by atoms with van der Waals surface area (Å²) in [4.78, 5) is 30.3. The van der Waals surface area contributed by atoms with Crippen LogP contribution in [0.2, 0.25) is 0 Å². The van der Waals surface area contributed by atoms with Crippen molar-refractivity contribution in [2.45, 2.75) is 51.4 Å². The number of rotatable bonds is 6. The molecular formula is C33H33NO2. The smallest absolute Gasteiger partial charge is 0.238 e. The van der Waals surface area contributed by atoms with Gasteiger partial charge in [0.15, 0.2) is 0 Å². The van der Waals surface area contributed by atoms with E-state index in [0.29, 0.717) is 5.69 Å². The van der Waals surface area contributed by atoms with Gasteiger partial charge in [0.2, 0.25) is 11.8 Å². The highest BCUT2D eigenvalue weighted by molar-refractivity contribution is 6.24. The van der Waals surface area contributed by atoms with Gasteiger partial charge in [0.25, 0.3) is 0 Å². The molecule has 2 amide bonds. The van der Waals surface area contributed by atoms with Gasteiger partial charge in [0.05, 0.1) is 17.5 Å². The van der Waals surface area contributed by atoms with Gasteiger partial charge in [-0.3, -0.25) is 9.59 Å². The number of carbonyl (C=O) groups is 2. The van der Waals surface area contributed by atoms with Crippen LogP contribution in [0.5, 0.6) is 0 Å². The number of anilines is 1. The van der Waals surface area contributed by atoms with Gasteiger partial charge in [-0.25, -0.2) is 4.90 Å². The Balaban J connectivity index is 1.66. The topological polar surface area (TPSA) is 37.4 Å². The summed E-state index contributed by atoms with van der Waals surface area (Å²) in [6.07, 6.45) is 3.14. The van der Waals surface area contributed by atoms with Gasteiger partial charge in [-0.15, -0.1) is 0 Å². The second-order valence-electron chi connectivity index (χ2n) is 10.9. The molecule has 3 aromatic rings. The summed E-state index contributed by atoms with van der Waals surface area (Å²) in [7, 11) is 0. The molecule has 1 heterocycles. The van der Waals surface area contributed by atoms with E-state index >= 15 is 0 Å². The molecule has 3 heteroatoms. The summed E-state index contributed by atoms with van der Waals surface area (Å²) in [6, 6.07) is 30.6. The predicted molar refractivity (Wildman–Crippen MR) is 144 cm³/mol. The Labute approximate surface area is 213 Å². The number of imide groups is 1. The van der Waals surface area contributed by atoms with Crippen molar-refractivity contribution in [3.8, 4) is 0 Å². The van der Waals surface area contributed by atoms with Gasteiger partial charge >= 0.3 is 0 Å². The van der Waals surface area contributed by atoms with Crippen LogP contribution in [0, 0.1) is 17.3 Å². The number of allylic oxidation sites excluding steroid dienone is 2. The molecule has 2 bridgehead atoms. The molecule has 2 aliphatic carbocycles. The number of unbranched alkanes of at least 4 members (excludes halogenated alkanes) is 1. The fraction of sp³-hybridized carbons (Fsp3) is 0.333. The van der Waals surface area contributed by atoms with Gasteiger partial charge in [0, 0.05) is 16.7 Å². The van der Waals surface area contributed by atoms with Crippen molar-refractivity contribution in [2.75, 3.05) is 4.90 Å². The van der Waals surface area contributed by atoms with Crippen LogP contribution in [-0.2, 0) is 15.0 Å². The van der Waals surface area contributed by atoms with E-state index in [4.69, 9.17) is 0 Å². The monoisotopic (exact) mass is 475 g/mol. The first-order valence-electron chi connectivity index (χ1n) is 13.2. The highest BCUT2D eigenvalue weighted by atomic mass is 16.2. The standard InChI is InChI=1S/C33H33NO2/c1-4-5-21-26-22(2)33(24-17-11-7-12-18-24)28-27(32(26,3)29(33)23-15-9-6-10-16-23)30(35)34(31(28)36)25-19-13-8-14-20-25/h6-20,27-29H,4-5,21H2,1-3H3/t27-,28+,29+,32+,33+/m0/s1. The average molecular weight is 476 g/mol. The van der Waals surface area contributed by atoms with Gasteiger partial charge in [-0.1, -0.05) is 110 Å². The first-order valence-corrected chi connectivity index (χ1v) is 13.2. The van der Waals surface area contributed by atoms with Crippen LogP contribution in [0.15, 0.2) is 102 Å². The van der Waals surface area contributed by atoms with Crippen LogP contribution >= 0.6 is 0 Å². The molecule has 3 aromatic carbocycles. The molecule has 5 atom stereocenters. The zero-order valence-electron chi connectivity index (χ0n) is 21.3. The molecule has 182 valence electrons. The third-order valence-electron chi connectivity index (χ3n) is 9.40. The van der Waals surface area contributed by atoms with Gasteiger partial charge in [-0.2, -0.15) is 0 Å². The molecule has 0 aromatic heterocycles. The van der Waals surface area contributed by atoms with Crippen molar-refractivity contribution < 1.29 is 9.59 Å². The van der Waals surface area contributed by atoms with E-state index in [1.165, 1.54) is 21.6 Å². The van der Waals surface area contributed by atoms with Crippen LogP contribution < -0.4 is 4.90 Å².